The molecule has 0 unspecified atom stereocenters. The van der Waals surface area contributed by atoms with Crippen molar-refractivity contribution in [2.24, 2.45) is 0 Å². The molecule has 0 fully saturated rings. The Kier molecular flexibility index (Phi) is 4.93. The van der Waals surface area contributed by atoms with Gasteiger partial charge in [0, 0.05) is 35.6 Å². The van der Waals surface area contributed by atoms with Crippen LogP contribution in [0.4, 0.5) is 0 Å². The molecular formula is C15H20N2OS. The minimum atomic E-state index is 0.500. The van der Waals surface area contributed by atoms with E-state index in [9.17, 15) is 0 Å². The van der Waals surface area contributed by atoms with Gasteiger partial charge < -0.3 is 10.1 Å². The largest absolute Gasteiger partial charge is 0.496 e. The Hall–Kier alpha value is -1.39. The van der Waals surface area contributed by atoms with Gasteiger partial charge in [0.05, 0.1) is 12.1 Å². The first-order chi connectivity index (χ1) is 9.19. The summed E-state index contributed by atoms with van der Waals surface area (Å²) in [7, 11) is 1.71. The molecule has 0 amide bonds. The van der Waals surface area contributed by atoms with E-state index in [2.05, 4.69) is 30.2 Å². The minimum absolute atomic E-state index is 0.500. The number of rotatable bonds is 6. The van der Waals surface area contributed by atoms with Crippen LogP contribution in [0.3, 0.4) is 0 Å². The van der Waals surface area contributed by atoms with Crippen molar-refractivity contribution in [3.63, 3.8) is 0 Å². The molecule has 0 saturated carbocycles. The Morgan fingerprint density at radius 2 is 2.11 bits per heavy atom. The Bertz CT molecular complexity index is 522. The van der Waals surface area contributed by atoms with Crippen LogP contribution >= 0.6 is 11.3 Å². The predicted molar refractivity (Wildman–Crippen MR) is 79.9 cm³/mol. The van der Waals surface area contributed by atoms with Crippen molar-refractivity contribution in [3.8, 4) is 5.75 Å². The van der Waals surface area contributed by atoms with Crippen LogP contribution in [-0.4, -0.2) is 18.1 Å². The number of nitrogens with zero attached hydrogens (tertiary/aromatic N) is 1. The molecule has 2 aromatic rings. The summed E-state index contributed by atoms with van der Waals surface area (Å²) in [6.45, 7) is 5.19. The highest BCUT2D eigenvalue weighted by Gasteiger charge is 2.07. The number of hydrogen-bond donors (Lipinski definition) is 1. The maximum atomic E-state index is 5.37. The maximum absolute atomic E-state index is 5.37. The van der Waals surface area contributed by atoms with Crippen molar-refractivity contribution in [1.82, 2.24) is 10.3 Å². The molecule has 0 aliphatic rings. The quantitative estimate of drug-likeness (QED) is 0.879. The van der Waals surface area contributed by atoms with Gasteiger partial charge in [-0.05, 0) is 6.07 Å². The second-order valence-electron chi connectivity index (χ2n) is 4.74. The van der Waals surface area contributed by atoms with Crippen LogP contribution in [0.15, 0.2) is 30.5 Å². The fourth-order valence-corrected chi connectivity index (χ4v) is 2.72. The molecule has 4 heteroatoms. The molecular weight excluding hydrogens is 256 g/mol. The van der Waals surface area contributed by atoms with Crippen molar-refractivity contribution >= 4 is 11.3 Å². The number of methoxy groups -OCH3 is 1. The summed E-state index contributed by atoms with van der Waals surface area (Å²) < 4.78 is 5.37. The number of nitrogens with one attached hydrogen (secondary N) is 1. The van der Waals surface area contributed by atoms with E-state index in [1.807, 2.05) is 24.4 Å². The first-order valence-corrected chi connectivity index (χ1v) is 7.29. The van der Waals surface area contributed by atoms with Crippen LogP contribution in [0.1, 0.15) is 29.3 Å². The molecule has 0 aliphatic carbocycles. The van der Waals surface area contributed by atoms with E-state index in [0.717, 1.165) is 23.7 Å². The first kappa shape index (κ1) is 14.0. The van der Waals surface area contributed by atoms with E-state index in [1.165, 1.54) is 10.4 Å². The van der Waals surface area contributed by atoms with Gasteiger partial charge in [-0.2, -0.15) is 0 Å². The lowest BCUT2D eigenvalue weighted by molar-refractivity contribution is 0.410. The highest BCUT2D eigenvalue weighted by molar-refractivity contribution is 7.11. The minimum Gasteiger partial charge on any atom is -0.496 e. The lowest BCUT2D eigenvalue weighted by Crippen LogP contribution is -2.21. The number of ether oxygens (including phenoxy) is 1. The lowest BCUT2D eigenvalue weighted by Gasteiger charge is -2.06. The zero-order valence-corrected chi connectivity index (χ0v) is 12.5. The Labute approximate surface area is 118 Å². The molecule has 0 spiro atoms. The van der Waals surface area contributed by atoms with Crippen LogP contribution < -0.4 is 10.1 Å². The molecule has 1 aromatic heterocycles. The smallest absolute Gasteiger partial charge is 0.122 e. The Morgan fingerprint density at radius 3 is 2.84 bits per heavy atom. The average Bonchev–Trinajstić information content (AvgIpc) is 2.85. The molecule has 0 bridgehead atoms. The van der Waals surface area contributed by atoms with Gasteiger partial charge in [0.15, 0.2) is 0 Å². The van der Waals surface area contributed by atoms with Crippen LogP contribution in [-0.2, 0) is 13.0 Å². The molecule has 0 atom stereocenters. The van der Waals surface area contributed by atoms with Crippen molar-refractivity contribution in [1.29, 1.82) is 0 Å². The number of hydrogen-bond acceptors (Lipinski definition) is 4. The van der Waals surface area contributed by atoms with E-state index in [1.54, 1.807) is 18.4 Å². The Morgan fingerprint density at radius 1 is 1.32 bits per heavy atom. The molecule has 3 nitrogen and oxygen atoms in total. The number of benzene rings is 1. The van der Waals surface area contributed by atoms with Gasteiger partial charge >= 0.3 is 0 Å². The van der Waals surface area contributed by atoms with Crippen molar-refractivity contribution < 1.29 is 4.74 Å². The normalized spacial score (nSPS) is 10.9. The Balaban J connectivity index is 2.03. The fourth-order valence-electron chi connectivity index (χ4n) is 1.83. The summed E-state index contributed by atoms with van der Waals surface area (Å²) in [5.74, 6) is 0.930. The third-order valence-corrected chi connectivity index (χ3v) is 3.82. The van der Waals surface area contributed by atoms with Gasteiger partial charge in [-0.15, -0.1) is 11.3 Å². The predicted octanol–water partition coefficient (Wildman–Crippen LogP) is 3.24. The van der Waals surface area contributed by atoms with Gasteiger partial charge in [-0.1, -0.05) is 32.0 Å². The van der Waals surface area contributed by atoms with Crippen molar-refractivity contribution in [2.75, 3.05) is 7.11 Å². The van der Waals surface area contributed by atoms with Gasteiger partial charge in [0.2, 0.25) is 0 Å². The highest BCUT2D eigenvalue weighted by Crippen LogP contribution is 2.23. The fraction of sp³-hybridized carbons (Fsp3) is 0.400. The van der Waals surface area contributed by atoms with Crippen LogP contribution in [0.2, 0.25) is 0 Å². The standard InChI is InChI=1S/C15H20N2OS/c1-11(2)16-9-13-10-17-15(19-13)8-12-6-4-5-7-14(12)18-3/h4-7,10-11,16H,8-9H2,1-3H3. The summed E-state index contributed by atoms with van der Waals surface area (Å²) in [6, 6.07) is 8.60. The van der Waals surface area contributed by atoms with Gasteiger partial charge in [-0.3, -0.25) is 0 Å². The first-order valence-electron chi connectivity index (χ1n) is 6.48. The maximum Gasteiger partial charge on any atom is 0.122 e. The summed E-state index contributed by atoms with van der Waals surface area (Å²) >= 11 is 1.76. The molecule has 1 heterocycles. The van der Waals surface area contributed by atoms with Gasteiger partial charge in [-0.25, -0.2) is 4.98 Å². The van der Waals surface area contributed by atoms with E-state index in [-0.39, 0.29) is 0 Å². The molecule has 0 radical (unpaired) electrons. The van der Waals surface area contributed by atoms with Crippen LogP contribution in [0.25, 0.3) is 0 Å². The van der Waals surface area contributed by atoms with Gasteiger partial charge in [0.1, 0.15) is 5.75 Å². The molecule has 19 heavy (non-hydrogen) atoms. The van der Waals surface area contributed by atoms with Crippen LogP contribution in [0, 0.1) is 0 Å². The zero-order chi connectivity index (χ0) is 13.7. The van der Waals surface area contributed by atoms with Gasteiger partial charge in [0.25, 0.3) is 0 Å². The van der Waals surface area contributed by atoms with E-state index in [4.69, 9.17) is 4.74 Å². The SMILES string of the molecule is COc1ccccc1Cc1ncc(CNC(C)C)s1. The summed E-state index contributed by atoms with van der Waals surface area (Å²) in [5, 5.41) is 4.54. The molecule has 2 rings (SSSR count). The molecule has 102 valence electrons. The molecule has 0 aliphatic heterocycles. The molecule has 1 N–H and O–H groups in total. The van der Waals surface area contributed by atoms with E-state index in [0.29, 0.717) is 6.04 Å². The second-order valence-corrected chi connectivity index (χ2v) is 5.94. The van der Waals surface area contributed by atoms with E-state index >= 15 is 0 Å². The second kappa shape index (κ2) is 6.68. The topological polar surface area (TPSA) is 34.1 Å². The number of para-hydroxylation sites is 1. The third-order valence-electron chi connectivity index (χ3n) is 2.82. The lowest BCUT2D eigenvalue weighted by atomic mass is 10.1. The van der Waals surface area contributed by atoms with Crippen molar-refractivity contribution in [3.05, 3.63) is 45.9 Å². The van der Waals surface area contributed by atoms with E-state index < -0.39 is 0 Å². The summed E-state index contributed by atoms with van der Waals surface area (Å²) in [4.78, 5) is 5.76. The number of aromatic nitrogens is 1. The molecule has 0 saturated heterocycles. The molecule has 1 aromatic carbocycles. The summed E-state index contributed by atoms with van der Waals surface area (Å²) in [6.07, 6.45) is 2.79. The summed E-state index contributed by atoms with van der Waals surface area (Å²) in [5.41, 5.74) is 1.18. The monoisotopic (exact) mass is 276 g/mol. The zero-order valence-electron chi connectivity index (χ0n) is 11.6. The average molecular weight is 276 g/mol. The third kappa shape index (κ3) is 4.04. The number of thiazole rings is 1. The van der Waals surface area contributed by atoms with Crippen LogP contribution in [0.5, 0.6) is 5.75 Å². The highest BCUT2D eigenvalue weighted by atomic mass is 32.1. The van der Waals surface area contributed by atoms with Crippen molar-refractivity contribution in [2.45, 2.75) is 32.9 Å².